The minimum atomic E-state index is -0.340. The van der Waals surface area contributed by atoms with Crippen LogP contribution in [-0.4, -0.2) is 22.8 Å². The summed E-state index contributed by atoms with van der Waals surface area (Å²) in [4.78, 5) is 28.1. The van der Waals surface area contributed by atoms with Crippen LogP contribution in [0.3, 0.4) is 0 Å². The van der Waals surface area contributed by atoms with E-state index in [9.17, 15) is 9.59 Å². The average molecular weight is 389 g/mol. The van der Waals surface area contributed by atoms with Crippen LogP contribution in [0.4, 0.5) is 17.1 Å². The molecule has 1 heterocycles. The van der Waals surface area contributed by atoms with Crippen molar-refractivity contribution in [3.8, 4) is 5.75 Å². The quantitative estimate of drug-likeness (QED) is 0.552. The van der Waals surface area contributed by atoms with Crippen molar-refractivity contribution in [3.63, 3.8) is 0 Å². The summed E-state index contributed by atoms with van der Waals surface area (Å²) in [5, 5.41) is 5.99. The molecule has 0 bridgehead atoms. The van der Waals surface area contributed by atoms with Crippen molar-refractivity contribution >= 4 is 28.8 Å². The van der Waals surface area contributed by atoms with Crippen molar-refractivity contribution in [2.75, 3.05) is 10.6 Å². The molecule has 0 saturated carbocycles. The summed E-state index contributed by atoms with van der Waals surface area (Å²) in [7, 11) is 0. The van der Waals surface area contributed by atoms with E-state index in [1.807, 2.05) is 38.1 Å². The van der Waals surface area contributed by atoms with Gasteiger partial charge in [-0.2, -0.15) is 0 Å². The Hall–Kier alpha value is -3.67. The van der Waals surface area contributed by atoms with E-state index in [1.165, 1.54) is 6.92 Å². The van der Waals surface area contributed by atoms with Crippen molar-refractivity contribution in [2.24, 2.45) is 0 Å². The van der Waals surface area contributed by atoms with E-state index in [0.29, 0.717) is 11.3 Å². The number of rotatable bonds is 7. The molecule has 2 N–H and O–H groups in total. The number of amides is 1. The Kier molecular flexibility index (Phi) is 6.24. The second kappa shape index (κ2) is 9.01. The topological polar surface area (TPSA) is 80.3 Å². The molecule has 1 amide bonds. The summed E-state index contributed by atoms with van der Waals surface area (Å²) >= 11 is 0. The molecule has 0 saturated heterocycles. The van der Waals surface area contributed by atoms with E-state index in [2.05, 4.69) is 15.6 Å². The first kappa shape index (κ1) is 20.1. The van der Waals surface area contributed by atoms with Crippen LogP contribution < -0.4 is 15.4 Å². The molecule has 6 heteroatoms. The van der Waals surface area contributed by atoms with Gasteiger partial charge in [-0.1, -0.05) is 12.1 Å². The van der Waals surface area contributed by atoms with E-state index in [-0.39, 0.29) is 23.5 Å². The standard InChI is InChI=1S/C23H23N3O3/c1-15(2)29-21-10-7-18(8-11-21)25-20-9-12-22(24-14-20)23(28)26-19-6-4-5-17(13-19)16(3)27/h4-15,25H,1-3H3,(H,26,28). The highest BCUT2D eigenvalue weighted by atomic mass is 16.5. The van der Waals surface area contributed by atoms with Gasteiger partial charge < -0.3 is 15.4 Å². The Labute approximate surface area is 169 Å². The fourth-order valence-corrected chi connectivity index (χ4v) is 2.67. The van der Waals surface area contributed by atoms with Crippen molar-refractivity contribution in [1.29, 1.82) is 0 Å². The Bertz CT molecular complexity index is 997. The molecule has 2 aromatic carbocycles. The van der Waals surface area contributed by atoms with Gasteiger partial charge in [0.1, 0.15) is 11.4 Å². The number of anilines is 3. The van der Waals surface area contributed by atoms with Crippen LogP contribution in [0.2, 0.25) is 0 Å². The van der Waals surface area contributed by atoms with Crippen molar-refractivity contribution in [2.45, 2.75) is 26.9 Å². The highest BCUT2D eigenvalue weighted by Crippen LogP contribution is 2.21. The van der Waals surface area contributed by atoms with E-state index in [1.54, 1.807) is 42.6 Å². The Morgan fingerprint density at radius 1 is 0.931 bits per heavy atom. The molecule has 0 aliphatic carbocycles. The Morgan fingerprint density at radius 3 is 2.28 bits per heavy atom. The van der Waals surface area contributed by atoms with E-state index < -0.39 is 0 Å². The number of Topliss-reactive ketones (excluding diaryl/α,β-unsaturated/α-hetero) is 1. The minimum Gasteiger partial charge on any atom is -0.491 e. The van der Waals surface area contributed by atoms with Crippen LogP contribution in [0.25, 0.3) is 0 Å². The predicted molar refractivity (Wildman–Crippen MR) is 114 cm³/mol. The molecule has 0 unspecified atom stereocenters. The van der Waals surface area contributed by atoms with Gasteiger partial charge in [0.2, 0.25) is 0 Å². The maximum absolute atomic E-state index is 12.4. The highest BCUT2D eigenvalue weighted by molar-refractivity contribution is 6.04. The third kappa shape index (κ3) is 5.65. The molecule has 148 valence electrons. The number of ketones is 1. The first-order valence-electron chi connectivity index (χ1n) is 9.33. The SMILES string of the molecule is CC(=O)c1cccc(NC(=O)c2ccc(Nc3ccc(OC(C)C)cc3)cn2)c1. The van der Waals surface area contributed by atoms with Crippen molar-refractivity contribution < 1.29 is 14.3 Å². The number of carbonyl (C=O) groups is 2. The number of ether oxygens (including phenoxy) is 1. The highest BCUT2D eigenvalue weighted by Gasteiger charge is 2.09. The molecule has 0 aliphatic heterocycles. The van der Waals surface area contributed by atoms with Crippen molar-refractivity contribution in [3.05, 3.63) is 78.1 Å². The van der Waals surface area contributed by atoms with Gasteiger partial charge in [0, 0.05) is 16.9 Å². The fourth-order valence-electron chi connectivity index (χ4n) is 2.67. The molecule has 0 fully saturated rings. The lowest BCUT2D eigenvalue weighted by Gasteiger charge is -2.11. The van der Waals surface area contributed by atoms with Crippen LogP contribution in [0.15, 0.2) is 66.9 Å². The summed E-state index contributed by atoms with van der Waals surface area (Å²) in [6.07, 6.45) is 1.72. The number of aromatic nitrogens is 1. The number of nitrogens with zero attached hydrogens (tertiary/aromatic N) is 1. The molecule has 6 nitrogen and oxygen atoms in total. The van der Waals surface area contributed by atoms with Gasteiger partial charge in [0.15, 0.2) is 5.78 Å². The third-order valence-electron chi connectivity index (χ3n) is 4.04. The smallest absolute Gasteiger partial charge is 0.274 e. The average Bonchev–Trinajstić information content (AvgIpc) is 2.70. The van der Waals surface area contributed by atoms with Crippen LogP contribution in [0.5, 0.6) is 5.75 Å². The lowest BCUT2D eigenvalue weighted by Crippen LogP contribution is -2.14. The molecule has 0 atom stereocenters. The Morgan fingerprint density at radius 2 is 1.66 bits per heavy atom. The number of carbonyl (C=O) groups excluding carboxylic acids is 2. The van der Waals surface area contributed by atoms with Crippen LogP contribution in [-0.2, 0) is 0 Å². The molecule has 0 aliphatic rings. The summed E-state index contributed by atoms with van der Waals surface area (Å²) in [5.74, 6) is 0.412. The Balaban J connectivity index is 1.63. The fraction of sp³-hybridized carbons (Fsp3) is 0.174. The summed E-state index contributed by atoms with van der Waals surface area (Å²) in [6, 6.07) is 17.9. The third-order valence-corrected chi connectivity index (χ3v) is 4.04. The van der Waals surface area contributed by atoms with E-state index in [0.717, 1.165) is 17.1 Å². The van der Waals surface area contributed by atoms with Crippen LogP contribution in [0.1, 0.15) is 41.6 Å². The zero-order valence-electron chi connectivity index (χ0n) is 16.6. The second-order valence-corrected chi connectivity index (χ2v) is 6.84. The lowest BCUT2D eigenvalue weighted by atomic mass is 10.1. The predicted octanol–water partition coefficient (Wildman–Crippen LogP) is 5.07. The molecule has 3 rings (SSSR count). The van der Waals surface area contributed by atoms with Gasteiger partial charge in [-0.05, 0) is 69.3 Å². The molecular formula is C23H23N3O3. The maximum Gasteiger partial charge on any atom is 0.274 e. The van der Waals surface area contributed by atoms with Gasteiger partial charge in [0.25, 0.3) is 5.91 Å². The monoisotopic (exact) mass is 389 g/mol. The zero-order valence-corrected chi connectivity index (χ0v) is 16.6. The zero-order chi connectivity index (χ0) is 20.8. The molecule has 3 aromatic rings. The molecular weight excluding hydrogens is 366 g/mol. The van der Waals surface area contributed by atoms with Crippen molar-refractivity contribution in [1.82, 2.24) is 4.98 Å². The van der Waals surface area contributed by atoms with Gasteiger partial charge in [-0.25, -0.2) is 4.98 Å². The number of benzene rings is 2. The van der Waals surface area contributed by atoms with Gasteiger partial charge in [0.05, 0.1) is 18.0 Å². The maximum atomic E-state index is 12.4. The normalized spacial score (nSPS) is 10.5. The van der Waals surface area contributed by atoms with Gasteiger partial charge in [-0.3, -0.25) is 9.59 Å². The number of pyridine rings is 1. The lowest BCUT2D eigenvalue weighted by molar-refractivity contribution is 0.100. The van der Waals surface area contributed by atoms with E-state index >= 15 is 0 Å². The minimum absolute atomic E-state index is 0.0570. The first-order chi connectivity index (χ1) is 13.9. The van der Waals surface area contributed by atoms with Crippen LogP contribution in [0, 0.1) is 0 Å². The van der Waals surface area contributed by atoms with Gasteiger partial charge in [-0.15, -0.1) is 0 Å². The summed E-state index contributed by atoms with van der Waals surface area (Å²) < 4.78 is 5.63. The van der Waals surface area contributed by atoms with Crippen LogP contribution >= 0.6 is 0 Å². The summed E-state index contributed by atoms with van der Waals surface area (Å²) in [5.41, 5.74) is 3.03. The molecule has 29 heavy (non-hydrogen) atoms. The van der Waals surface area contributed by atoms with Gasteiger partial charge >= 0.3 is 0 Å². The molecule has 0 spiro atoms. The second-order valence-electron chi connectivity index (χ2n) is 6.84. The van der Waals surface area contributed by atoms with E-state index in [4.69, 9.17) is 4.74 Å². The number of hydrogen-bond acceptors (Lipinski definition) is 5. The number of hydrogen-bond donors (Lipinski definition) is 2. The summed E-state index contributed by atoms with van der Waals surface area (Å²) in [6.45, 7) is 5.45. The first-order valence-corrected chi connectivity index (χ1v) is 9.33. The largest absolute Gasteiger partial charge is 0.491 e. The number of nitrogens with one attached hydrogen (secondary N) is 2. The molecule has 1 aromatic heterocycles. The molecule has 0 radical (unpaired) electrons.